The third-order valence-corrected chi connectivity index (χ3v) is 0. The Morgan fingerprint density at radius 1 is 1.00 bits per heavy atom. The molecule has 0 amide bonds. The van der Waals surface area contributed by atoms with Gasteiger partial charge in [-0.05, 0) is 0 Å². The molecule has 0 unspecified atom stereocenters. The number of hydrogen-bond donors (Lipinski definition) is 0. The van der Waals surface area contributed by atoms with Crippen LogP contribution in [0.5, 0.6) is 0 Å². The predicted octanol–water partition coefficient (Wildman–Crippen LogP) is -0.832. The van der Waals surface area contributed by atoms with E-state index in [0.717, 1.165) is 0 Å². The van der Waals surface area contributed by atoms with Crippen LogP contribution in [0.1, 0.15) is 0 Å². The van der Waals surface area contributed by atoms with Gasteiger partial charge in [0.15, 0.2) is 0 Å². The summed E-state index contributed by atoms with van der Waals surface area (Å²) in [5.41, 5.74) is 0. The molecule has 0 rings (SSSR count). The molecule has 0 heterocycles. The van der Waals surface area contributed by atoms with Gasteiger partial charge < -0.3 is 5.48 Å². The average molecular weight is 203 g/mol. The van der Waals surface area contributed by atoms with Crippen LogP contribution < -0.4 is 0 Å². The fourth-order valence-electron chi connectivity index (χ4n) is 0. The molecule has 2 N–H and O–H groups in total. The Bertz CT molecular complexity index is 8.00. The predicted molar refractivity (Wildman–Crippen MR) is 3.61 cm³/mol. The van der Waals surface area contributed by atoms with E-state index < -0.39 is 0 Å². The molecule has 1 nitrogen and oxygen atoms in total. The topological polar surface area (TPSA) is 31.5 Å². The van der Waals surface area contributed by atoms with Gasteiger partial charge in [-0.2, -0.15) is 0 Å². The van der Waals surface area contributed by atoms with Gasteiger partial charge >= 0.3 is 0 Å². The summed E-state index contributed by atoms with van der Waals surface area (Å²) in [6.07, 6.45) is 0. The fraction of sp³-hybridized carbons (Fsp3) is 0. The summed E-state index contributed by atoms with van der Waals surface area (Å²) in [5, 5.41) is 0. The van der Waals surface area contributed by atoms with E-state index in [2.05, 4.69) is 0 Å². The SMILES string of the molecule is O.[Cu].[Fe].[Zn]. The van der Waals surface area contributed by atoms with E-state index in [9.17, 15) is 0 Å². The summed E-state index contributed by atoms with van der Waals surface area (Å²) in [6.45, 7) is 0. The van der Waals surface area contributed by atoms with Crippen molar-refractivity contribution in [2.45, 2.75) is 0 Å². The first kappa shape index (κ1) is 45.6. The van der Waals surface area contributed by atoms with E-state index in [1.807, 2.05) is 0 Å². The summed E-state index contributed by atoms with van der Waals surface area (Å²) in [6, 6.07) is 0. The van der Waals surface area contributed by atoms with Crippen molar-refractivity contribution < 1.29 is 59.1 Å². The van der Waals surface area contributed by atoms with E-state index in [1.165, 1.54) is 0 Å². The third-order valence-electron chi connectivity index (χ3n) is 0. The Labute approximate surface area is 58.9 Å². The van der Waals surface area contributed by atoms with Crippen molar-refractivity contribution >= 4 is 0 Å². The van der Waals surface area contributed by atoms with Gasteiger partial charge in [0.25, 0.3) is 0 Å². The maximum atomic E-state index is 0. The average Bonchev–Trinajstić information content (AvgIpc) is 0. The van der Waals surface area contributed by atoms with Crippen LogP contribution in [-0.4, -0.2) is 5.48 Å². The van der Waals surface area contributed by atoms with E-state index >= 15 is 0 Å². The second-order valence-electron chi connectivity index (χ2n) is 0. The minimum atomic E-state index is 0. The molecule has 0 saturated heterocycles. The zero-order valence-corrected chi connectivity index (χ0v) is 6.88. The molecule has 0 aliphatic heterocycles. The third kappa shape index (κ3) is 9.46. The van der Waals surface area contributed by atoms with Gasteiger partial charge in [0, 0.05) is 53.6 Å². The van der Waals surface area contributed by atoms with Crippen molar-refractivity contribution in [1.29, 1.82) is 0 Å². The molecule has 0 fully saturated rings. The molecule has 29 valence electrons. The monoisotopic (exact) mass is 201 g/mol. The van der Waals surface area contributed by atoms with Gasteiger partial charge in [-0.15, -0.1) is 0 Å². The van der Waals surface area contributed by atoms with Crippen LogP contribution in [0.3, 0.4) is 0 Å². The minimum absolute atomic E-state index is 0. The van der Waals surface area contributed by atoms with E-state index in [0.29, 0.717) is 0 Å². The normalized spacial score (nSPS) is 0. The van der Waals surface area contributed by atoms with Crippen molar-refractivity contribution in [3.63, 3.8) is 0 Å². The molecule has 4 heteroatoms. The fourth-order valence-corrected chi connectivity index (χ4v) is 0. The summed E-state index contributed by atoms with van der Waals surface area (Å²) in [4.78, 5) is 0. The molecule has 0 bridgehead atoms. The van der Waals surface area contributed by atoms with Crippen molar-refractivity contribution in [3.05, 3.63) is 0 Å². The first-order valence-corrected chi connectivity index (χ1v) is 0. The molecular weight excluding hydrogens is 201 g/mol. The molecule has 0 aliphatic carbocycles. The maximum Gasteiger partial charge on any atom is 0 e. The second-order valence-corrected chi connectivity index (χ2v) is 0. The van der Waals surface area contributed by atoms with Crippen molar-refractivity contribution in [2.75, 3.05) is 0 Å². The summed E-state index contributed by atoms with van der Waals surface area (Å²) in [7, 11) is 0. The van der Waals surface area contributed by atoms with Gasteiger partial charge in [0.05, 0.1) is 0 Å². The largest absolute Gasteiger partial charge is 0.412 e. The molecule has 0 aromatic rings. The minimum Gasteiger partial charge on any atom is -0.412 e. The van der Waals surface area contributed by atoms with Gasteiger partial charge in [0.1, 0.15) is 0 Å². The van der Waals surface area contributed by atoms with E-state index in [4.69, 9.17) is 0 Å². The molecule has 0 aliphatic rings. The van der Waals surface area contributed by atoms with Crippen LogP contribution in [0, 0.1) is 0 Å². The Morgan fingerprint density at radius 3 is 1.00 bits per heavy atom. The van der Waals surface area contributed by atoms with Crippen LogP contribution in [0.25, 0.3) is 0 Å². The van der Waals surface area contributed by atoms with Gasteiger partial charge in [-0.25, -0.2) is 0 Å². The molecule has 0 aromatic heterocycles. The van der Waals surface area contributed by atoms with Crippen molar-refractivity contribution in [3.8, 4) is 0 Å². The molecule has 0 aromatic carbocycles. The molecule has 4 heavy (non-hydrogen) atoms. The quantitative estimate of drug-likeness (QED) is 0.460. The standard InChI is InChI=1S/Cu.Fe.H2O.Zn/h;;1H2;. The van der Waals surface area contributed by atoms with Crippen LogP contribution in [0.2, 0.25) is 0 Å². The molecule has 0 saturated carbocycles. The Morgan fingerprint density at radius 2 is 1.00 bits per heavy atom. The Hall–Kier alpha value is 1.62. The van der Waals surface area contributed by atoms with Crippen LogP contribution in [0.4, 0.5) is 0 Å². The molecule has 0 spiro atoms. The zero-order valence-electron chi connectivity index (χ0n) is 1.86. The summed E-state index contributed by atoms with van der Waals surface area (Å²) in [5.74, 6) is 0. The number of rotatable bonds is 0. The van der Waals surface area contributed by atoms with Gasteiger partial charge in [-0.3, -0.25) is 0 Å². The molecular formula is H2CuFeOZn. The van der Waals surface area contributed by atoms with Gasteiger partial charge in [0.2, 0.25) is 0 Å². The van der Waals surface area contributed by atoms with Crippen molar-refractivity contribution in [1.82, 2.24) is 0 Å². The van der Waals surface area contributed by atoms with E-state index in [1.54, 1.807) is 0 Å². The van der Waals surface area contributed by atoms with Crippen LogP contribution >= 0.6 is 0 Å². The summed E-state index contributed by atoms with van der Waals surface area (Å²) < 4.78 is 0. The Balaban J connectivity index is 0. The van der Waals surface area contributed by atoms with Gasteiger partial charge in [-0.1, -0.05) is 0 Å². The first-order valence-electron chi connectivity index (χ1n) is 0. The zero-order chi connectivity index (χ0) is 0. The molecule has 1 radical (unpaired) electrons. The van der Waals surface area contributed by atoms with E-state index in [-0.39, 0.29) is 59.1 Å². The first-order chi connectivity index (χ1) is 0. The van der Waals surface area contributed by atoms with Crippen LogP contribution in [0.15, 0.2) is 0 Å². The smallest absolute Gasteiger partial charge is 0 e. The number of hydrogen-bond acceptors (Lipinski definition) is 0. The Kier molecular flexibility index (Phi) is 263. The van der Waals surface area contributed by atoms with Crippen LogP contribution in [-0.2, 0) is 53.6 Å². The summed E-state index contributed by atoms with van der Waals surface area (Å²) >= 11 is 0. The second kappa shape index (κ2) is 23.0. The maximum absolute atomic E-state index is 0. The molecule has 0 atom stereocenters. The van der Waals surface area contributed by atoms with Crippen molar-refractivity contribution in [2.24, 2.45) is 0 Å².